The van der Waals surface area contributed by atoms with Crippen LogP contribution in [0, 0.1) is 5.92 Å². The van der Waals surface area contributed by atoms with Gasteiger partial charge in [-0.2, -0.15) is 0 Å². The number of rotatable bonds is 4. The third-order valence-corrected chi connectivity index (χ3v) is 4.91. The molecule has 0 aliphatic carbocycles. The van der Waals surface area contributed by atoms with Gasteiger partial charge in [-0.25, -0.2) is 0 Å². The topological polar surface area (TPSA) is 55.8 Å². The Labute approximate surface area is 147 Å². The molecule has 1 heterocycles. The Morgan fingerprint density at radius 3 is 2.60 bits per heavy atom. The van der Waals surface area contributed by atoms with Crippen molar-refractivity contribution < 1.29 is 19.1 Å². The summed E-state index contributed by atoms with van der Waals surface area (Å²) in [7, 11) is 3.40. The molecule has 1 fully saturated rings. The van der Waals surface area contributed by atoms with E-state index in [1.54, 1.807) is 26.0 Å². The van der Waals surface area contributed by atoms with Gasteiger partial charge in [0.15, 0.2) is 0 Å². The van der Waals surface area contributed by atoms with Crippen LogP contribution in [0.25, 0.3) is 10.8 Å². The number of esters is 1. The minimum Gasteiger partial charge on any atom is -0.496 e. The molecule has 0 unspecified atom stereocenters. The van der Waals surface area contributed by atoms with E-state index in [1.807, 2.05) is 36.4 Å². The molecule has 1 aliphatic heterocycles. The van der Waals surface area contributed by atoms with Crippen molar-refractivity contribution in [2.45, 2.75) is 25.8 Å². The van der Waals surface area contributed by atoms with Crippen molar-refractivity contribution in [3.63, 3.8) is 0 Å². The van der Waals surface area contributed by atoms with Crippen molar-refractivity contribution in [2.24, 2.45) is 5.92 Å². The minimum absolute atomic E-state index is 0.0467. The van der Waals surface area contributed by atoms with Crippen molar-refractivity contribution in [1.82, 2.24) is 4.90 Å². The zero-order chi connectivity index (χ0) is 18.0. The molecule has 2 aromatic carbocycles. The number of nitrogens with zero attached hydrogens (tertiary/aromatic N) is 1. The lowest BCUT2D eigenvalue weighted by molar-refractivity contribution is -0.155. The Bertz CT molecular complexity index is 801. The lowest BCUT2D eigenvalue weighted by Crippen LogP contribution is -2.43. The van der Waals surface area contributed by atoms with Gasteiger partial charge < -0.3 is 14.4 Å². The van der Waals surface area contributed by atoms with Crippen molar-refractivity contribution in [3.8, 4) is 5.75 Å². The van der Waals surface area contributed by atoms with Crippen LogP contribution in [0.15, 0.2) is 36.4 Å². The predicted molar refractivity (Wildman–Crippen MR) is 95.4 cm³/mol. The second-order valence-corrected chi connectivity index (χ2v) is 6.25. The van der Waals surface area contributed by atoms with E-state index < -0.39 is 0 Å². The van der Waals surface area contributed by atoms with E-state index in [9.17, 15) is 9.59 Å². The second kappa shape index (κ2) is 7.13. The molecule has 2 aromatic rings. The average molecular weight is 341 g/mol. The number of methoxy groups -OCH3 is 1. The molecule has 132 valence electrons. The van der Waals surface area contributed by atoms with Gasteiger partial charge >= 0.3 is 5.97 Å². The number of hydrogen-bond donors (Lipinski definition) is 0. The molecule has 1 saturated heterocycles. The number of carbonyl (C=O) groups excluding carboxylic acids is 2. The van der Waals surface area contributed by atoms with Crippen molar-refractivity contribution in [1.29, 1.82) is 0 Å². The third kappa shape index (κ3) is 3.06. The summed E-state index contributed by atoms with van der Waals surface area (Å²) in [5.41, 5.74) is 0.949. The molecule has 0 N–H and O–H groups in total. The Hall–Kier alpha value is -2.56. The first-order valence-electron chi connectivity index (χ1n) is 8.56. The first-order chi connectivity index (χ1) is 12.1. The normalized spacial score (nSPS) is 20.6. The molecule has 0 radical (unpaired) electrons. The number of carbonyl (C=O) groups is 2. The Morgan fingerprint density at radius 1 is 1.20 bits per heavy atom. The van der Waals surface area contributed by atoms with Crippen molar-refractivity contribution in [3.05, 3.63) is 42.0 Å². The molecule has 3 rings (SSSR count). The molecular weight excluding hydrogens is 318 g/mol. The maximum atomic E-state index is 12.5. The zero-order valence-electron chi connectivity index (χ0n) is 14.8. The van der Waals surface area contributed by atoms with Gasteiger partial charge in [0, 0.05) is 18.9 Å². The van der Waals surface area contributed by atoms with Gasteiger partial charge in [0.1, 0.15) is 5.75 Å². The molecule has 2 atom stereocenters. The van der Waals surface area contributed by atoms with Crippen LogP contribution in [0.1, 0.15) is 31.4 Å². The molecule has 0 spiro atoms. The monoisotopic (exact) mass is 341 g/mol. The van der Waals surface area contributed by atoms with E-state index in [-0.39, 0.29) is 23.8 Å². The zero-order valence-corrected chi connectivity index (χ0v) is 14.8. The highest BCUT2D eigenvalue weighted by atomic mass is 16.5. The smallest absolute Gasteiger partial charge is 0.311 e. The lowest BCUT2D eigenvalue weighted by Gasteiger charge is -2.38. The first kappa shape index (κ1) is 17.3. The summed E-state index contributed by atoms with van der Waals surface area (Å²) in [5.74, 6) is 0.216. The number of piperidine rings is 1. The van der Waals surface area contributed by atoms with Crippen LogP contribution in [0.2, 0.25) is 0 Å². The van der Waals surface area contributed by atoms with Crippen LogP contribution < -0.4 is 4.74 Å². The number of benzene rings is 2. The summed E-state index contributed by atoms with van der Waals surface area (Å²) in [4.78, 5) is 26.5. The summed E-state index contributed by atoms with van der Waals surface area (Å²) < 4.78 is 10.7. The maximum absolute atomic E-state index is 12.5. The molecule has 5 nitrogen and oxygen atoms in total. The number of ether oxygens (including phenoxy) is 2. The fraction of sp³-hybridized carbons (Fsp3) is 0.400. The SMILES string of the molecule is CCOC(=O)[C@@H]1CCC(=O)N(C)[C@H]1c1ccc(OC)c2ccccc12. The van der Waals surface area contributed by atoms with Gasteiger partial charge in [0.05, 0.1) is 25.7 Å². The Balaban J connectivity index is 2.14. The van der Waals surface area contributed by atoms with E-state index in [2.05, 4.69) is 0 Å². The Kier molecular flexibility index (Phi) is 4.93. The van der Waals surface area contributed by atoms with Crippen molar-refractivity contribution in [2.75, 3.05) is 20.8 Å². The van der Waals surface area contributed by atoms with E-state index in [4.69, 9.17) is 9.47 Å². The summed E-state index contributed by atoms with van der Waals surface area (Å²) in [6.07, 6.45) is 0.873. The van der Waals surface area contributed by atoms with Crippen LogP contribution in [-0.4, -0.2) is 37.5 Å². The highest BCUT2D eigenvalue weighted by Crippen LogP contribution is 2.41. The second-order valence-electron chi connectivity index (χ2n) is 6.25. The molecule has 1 aliphatic rings. The van der Waals surface area contributed by atoms with E-state index in [0.717, 1.165) is 22.1 Å². The molecule has 0 saturated carbocycles. The van der Waals surface area contributed by atoms with Crippen LogP contribution in [0.5, 0.6) is 5.75 Å². The van der Waals surface area contributed by atoms with Gasteiger partial charge in [-0.3, -0.25) is 9.59 Å². The Morgan fingerprint density at radius 2 is 1.92 bits per heavy atom. The fourth-order valence-electron chi connectivity index (χ4n) is 3.69. The summed E-state index contributed by atoms with van der Waals surface area (Å²) in [6, 6.07) is 11.4. The van der Waals surface area contributed by atoms with Gasteiger partial charge in [0.2, 0.25) is 5.91 Å². The van der Waals surface area contributed by atoms with Crippen LogP contribution in [0.4, 0.5) is 0 Å². The van der Waals surface area contributed by atoms with E-state index in [0.29, 0.717) is 19.4 Å². The average Bonchev–Trinajstić information content (AvgIpc) is 2.63. The quantitative estimate of drug-likeness (QED) is 0.801. The molecule has 5 heteroatoms. The molecule has 0 bridgehead atoms. The standard InChI is InChI=1S/C20H23NO4/c1-4-25-20(23)16-10-12-18(22)21(2)19(16)15-9-11-17(24-3)14-8-6-5-7-13(14)15/h5-9,11,16,19H,4,10,12H2,1-3H3/t16-,19+/m1/s1. The van der Waals surface area contributed by atoms with Gasteiger partial charge in [-0.15, -0.1) is 0 Å². The predicted octanol–water partition coefficient (Wildman–Crippen LogP) is 3.32. The highest BCUT2D eigenvalue weighted by Gasteiger charge is 2.40. The lowest BCUT2D eigenvalue weighted by atomic mass is 9.82. The number of hydrogen-bond acceptors (Lipinski definition) is 4. The highest BCUT2D eigenvalue weighted by molar-refractivity contribution is 5.93. The van der Waals surface area contributed by atoms with Gasteiger partial charge in [-0.1, -0.05) is 30.3 Å². The molecule has 0 aromatic heterocycles. The molecular formula is C20H23NO4. The van der Waals surface area contributed by atoms with Crippen LogP contribution >= 0.6 is 0 Å². The number of fused-ring (bicyclic) bond motifs is 1. The first-order valence-corrected chi connectivity index (χ1v) is 8.56. The summed E-state index contributed by atoms with van der Waals surface area (Å²) >= 11 is 0. The van der Waals surface area contributed by atoms with Gasteiger partial charge in [-0.05, 0) is 30.4 Å². The molecule has 25 heavy (non-hydrogen) atoms. The summed E-state index contributed by atoms with van der Waals surface area (Å²) in [6.45, 7) is 2.14. The minimum atomic E-state index is -0.362. The van der Waals surface area contributed by atoms with Crippen LogP contribution in [0.3, 0.4) is 0 Å². The van der Waals surface area contributed by atoms with E-state index >= 15 is 0 Å². The number of likely N-dealkylation sites (tertiary alicyclic amines) is 1. The maximum Gasteiger partial charge on any atom is 0.311 e. The third-order valence-electron chi connectivity index (χ3n) is 4.91. The van der Waals surface area contributed by atoms with Gasteiger partial charge in [0.25, 0.3) is 0 Å². The largest absolute Gasteiger partial charge is 0.496 e. The van der Waals surface area contributed by atoms with Crippen molar-refractivity contribution >= 4 is 22.6 Å². The molecule has 1 amide bonds. The summed E-state index contributed by atoms with van der Waals surface area (Å²) in [5, 5.41) is 1.96. The van der Waals surface area contributed by atoms with E-state index in [1.165, 1.54) is 0 Å². The number of amides is 1. The van der Waals surface area contributed by atoms with Crippen LogP contribution in [-0.2, 0) is 14.3 Å². The fourth-order valence-corrected chi connectivity index (χ4v) is 3.69.